The fourth-order valence-electron chi connectivity index (χ4n) is 3.24. The lowest BCUT2D eigenvalue weighted by atomic mass is 9.82. The highest BCUT2D eigenvalue weighted by molar-refractivity contribution is 5.35. The molecule has 1 atom stereocenters. The minimum atomic E-state index is -1.12. The van der Waals surface area contributed by atoms with Crippen molar-refractivity contribution >= 4 is 0 Å². The lowest BCUT2D eigenvalue weighted by molar-refractivity contribution is 0.0263. The fraction of sp³-hybridized carbons (Fsp3) is 0.333. The molecule has 2 aromatic carbocycles. The summed E-state index contributed by atoms with van der Waals surface area (Å²) < 4.78 is 27.2. The van der Waals surface area contributed by atoms with E-state index >= 15 is 0 Å². The van der Waals surface area contributed by atoms with Gasteiger partial charge in [-0.1, -0.05) is 24.3 Å². The van der Waals surface area contributed by atoms with E-state index in [1.807, 2.05) is 24.3 Å². The van der Waals surface area contributed by atoms with Gasteiger partial charge in [-0.05, 0) is 60.6 Å². The Morgan fingerprint density at radius 1 is 1.05 bits per heavy atom. The van der Waals surface area contributed by atoms with Gasteiger partial charge < -0.3 is 5.11 Å². The first-order valence-electron chi connectivity index (χ1n) is 7.33. The highest BCUT2D eigenvalue weighted by Crippen LogP contribution is 2.37. The van der Waals surface area contributed by atoms with E-state index in [-0.39, 0.29) is 12.0 Å². The molecule has 0 fully saturated rings. The van der Waals surface area contributed by atoms with Gasteiger partial charge in [0.25, 0.3) is 0 Å². The lowest BCUT2D eigenvalue weighted by Crippen LogP contribution is -2.29. The summed E-state index contributed by atoms with van der Waals surface area (Å²) in [6, 6.07) is 11.1. The zero-order valence-electron chi connectivity index (χ0n) is 11.8. The Bertz CT molecular complexity index is 653. The maximum absolute atomic E-state index is 13.9. The molecule has 21 heavy (non-hydrogen) atoms. The highest BCUT2D eigenvalue weighted by Gasteiger charge is 2.33. The third-order valence-corrected chi connectivity index (χ3v) is 4.30. The van der Waals surface area contributed by atoms with Crippen molar-refractivity contribution in [3.8, 4) is 0 Å². The number of fused-ring (bicyclic) bond motifs is 1. The summed E-state index contributed by atoms with van der Waals surface area (Å²) in [5.74, 6) is -0.941. The first kappa shape index (κ1) is 14.2. The molecule has 0 saturated heterocycles. The van der Waals surface area contributed by atoms with Crippen molar-refractivity contribution in [2.45, 2.75) is 37.7 Å². The normalized spacial score (nSPS) is 21.7. The standard InChI is InChI=1S/C18H18F2O/c19-15-8-9-17(20)14(11-15)12-18(21)10-4-3-6-13-5-1-2-7-16(13)18/h1-2,5,7-9,11,21H,3-4,6,10,12H2. The van der Waals surface area contributed by atoms with E-state index in [4.69, 9.17) is 0 Å². The number of rotatable bonds is 2. The average Bonchev–Trinajstić information content (AvgIpc) is 2.63. The summed E-state index contributed by atoms with van der Waals surface area (Å²) in [5, 5.41) is 11.1. The van der Waals surface area contributed by atoms with Crippen LogP contribution in [-0.4, -0.2) is 5.11 Å². The number of halogens is 2. The van der Waals surface area contributed by atoms with Crippen molar-refractivity contribution in [2.75, 3.05) is 0 Å². The van der Waals surface area contributed by atoms with Gasteiger partial charge in [0.2, 0.25) is 0 Å². The van der Waals surface area contributed by atoms with Gasteiger partial charge in [0.05, 0.1) is 5.60 Å². The minimum Gasteiger partial charge on any atom is -0.385 e. The van der Waals surface area contributed by atoms with Crippen molar-refractivity contribution < 1.29 is 13.9 Å². The first-order chi connectivity index (χ1) is 10.1. The molecule has 1 unspecified atom stereocenters. The van der Waals surface area contributed by atoms with E-state index in [2.05, 4.69) is 0 Å². The molecule has 1 N–H and O–H groups in total. The summed E-state index contributed by atoms with van der Waals surface area (Å²) in [5.41, 5.74) is 1.07. The predicted molar refractivity (Wildman–Crippen MR) is 78.0 cm³/mol. The van der Waals surface area contributed by atoms with Gasteiger partial charge in [-0.3, -0.25) is 0 Å². The SMILES string of the molecule is OC1(Cc2cc(F)ccc2F)CCCCc2ccccc21. The molecular formula is C18H18F2O. The Labute approximate surface area is 123 Å². The minimum absolute atomic E-state index is 0.105. The second-order valence-electron chi connectivity index (χ2n) is 5.81. The van der Waals surface area contributed by atoms with E-state index in [9.17, 15) is 13.9 Å². The molecule has 0 spiro atoms. The fourth-order valence-corrected chi connectivity index (χ4v) is 3.24. The second-order valence-corrected chi connectivity index (χ2v) is 5.81. The lowest BCUT2D eigenvalue weighted by Gasteiger charge is -2.29. The van der Waals surface area contributed by atoms with Crippen molar-refractivity contribution in [3.63, 3.8) is 0 Å². The molecule has 0 radical (unpaired) electrons. The zero-order chi connectivity index (χ0) is 14.9. The van der Waals surface area contributed by atoms with Crippen molar-refractivity contribution in [3.05, 3.63) is 70.8 Å². The number of benzene rings is 2. The number of hydrogen-bond donors (Lipinski definition) is 1. The third kappa shape index (κ3) is 2.84. The van der Waals surface area contributed by atoms with Gasteiger partial charge in [0.1, 0.15) is 11.6 Å². The molecule has 0 amide bonds. The molecule has 0 aromatic heterocycles. The monoisotopic (exact) mass is 288 g/mol. The van der Waals surface area contributed by atoms with Crippen LogP contribution in [-0.2, 0) is 18.4 Å². The molecule has 1 aliphatic rings. The Balaban J connectivity index is 2.02. The summed E-state index contributed by atoms with van der Waals surface area (Å²) in [4.78, 5) is 0. The number of aryl methyl sites for hydroxylation is 1. The summed E-state index contributed by atoms with van der Waals surface area (Å²) in [7, 11) is 0. The molecule has 0 bridgehead atoms. The summed E-state index contributed by atoms with van der Waals surface area (Å²) >= 11 is 0. The largest absolute Gasteiger partial charge is 0.385 e. The van der Waals surface area contributed by atoms with Gasteiger partial charge in [-0.2, -0.15) is 0 Å². The molecule has 0 saturated carbocycles. The van der Waals surface area contributed by atoms with E-state index in [1.54, 1.807) is 0 Å². The van der Waals surface area contributed by atoms with E-state index in [1.165, 1.54) is 6.07 Å². The van der Waals surface area contributed by atoms with Gasteiger partial charge in [-0.15, -0.1) is 0 Å². The van der Waals surface area contributed by atoms with Crippen LogP contribution >= 0.6 is 0 Å². The number of hydrogen-bond acceptors (Lipinski definition) is 1. The first-order valence-corrected chi connectivity index (χ1v) is 7.33. The van der Waals surface area contributed by atoms with Crippen LogP contribution in [0, 0.1) is 11.6 Å². The van der Waals surface area contributed by atoms with Crippen LogP contribution in [0.4, 0.5) is 8.78 Å². The smallest absolute Gasteiger partial charge is 0.126 e. The molecular weight excluding hydrogens is 270 g/mol. The molecule has 0 heterocycles. The maximum atomic E-state index is 13.9. The summed E-state index contributed by atoms with van der Waals surface area (Å²) in [6.45, 7) is 0. The van der Waals surface area contributed by atoms with Crippen molar-refractivity contribution in [1.82, 2.24) is 0 Å². The predicted octanol–water partition coefficient (Wildman–Crippen LogP) is 4.12. The quantitative estimate of drug-likeness (QED) is 0.824. The molecule has 0 aliphatic heterocycles. The van der Waals surface area contributed by atoms with Crippen LogP contribution in [0.15, 0.2) is 42.5 Å². The van der Waals surface area contributed by atoms with E-state index in [0.717, 1.165) is 42.5 Å². The Hall–Kier alpha value is -1.74. The van der Waals surface area contributed by atoms with Crippen LogP contribution in [0.2, 0.25) is 0 Å². The van der Waals surface area contributed by atoms with Gasteiger partial charge in [0, 0.05) is 6.42 Å². The molecule has 3 heteroatoms. The van der Waals surface area contributed by atoms with Crippen LogP contribution in [0.3, 0.4) is 0 Å². The molecule has 1 aliphatic carbocycles. The topological polar surface area (TPSA) is 20.2 Å². The van der Waals surface area contributed by atoms with Crippen LogP contribution in [0.1, 0.15) is 36.0 Å². The van der Waals surface area contributed by atoms with Gasteiger partial charge in [-0.25, -0.2) is 8.78 Å². The molecule has 110 valence electrons. The Morgan fingerprint density at radius 3 is 2.71 bits per heavy atom. The third-order valence-electron chi connectivity index (χ3n) is 4.30. The van der Waals surface area contributed by atoms with Crippen molar-refractivity contribution in [1.29, 1.82) is 0 Å². The van der Waals surface area contributed by atoms with E-state index in [0.29, 0.717) is 6.42 Å². The van der Waals surface area contributed by atoms with Crippen molar-refractivity contribution in [2.24, 2.45) is 0 Å². The molecule has 3 rings (SSSR count). The highest BCUT2D eigenvalue weighted by atomic mass is 19.1. The maximum Gasteiger partial charge on any atom is 0.126 e. The average molecular weight is 288 g/mol. The Morgan fingerprint density at radius 2 is 1.86 bits per heavy atom. The van der Waals surface area contributed by atoms with Crippen LogP contribution < -0.4 is 0 Å². The second kappa shape index (κ2) is 5.57. The van der Waals surface area contributed by atoms with E-state index < -0.39 is 17.2 Å². The Kier molecular flexibility index (Phi) is 3.77. The van der Waals surface area contributed by atoms with Crippen LogP contribution in [0.5, 0.6) is 0 Å². The number of aliphatic hydroxyl groups is 1. The van der Waals surface area contributed by atoms with Crippen LogP contribution in [0.25, 0.3) is 0 Å². The van der Waals surface area contributed by atoms with Gasteiger partial charge >= 0.3 is 0 Å². The molecule has 1 nitrogen and oxygen atoms in total. The van der Waals surface area contributed by atoms with Gasteiger partial charge in [0.15, 0.2) is 0 Å². The molecule has 2 aromatic rings. The zero-order valence-corrected chi connectivity index (χ0v) is 11.8. The summed E-state index contributed by atoms with van der Waals surface area (Å²) in [6.07, 6.45) is 3.48.